The summed E-state index contributed by atoms with van der Waals surface area (Å²) < 4.78 is 10.7. The fourth-order valence-corrected chi connectivity index (χ4v) is 3.14. The largest absolute Gasteiger partial charge is 0.482 e. The Labute approximate surface area is 166 Å². The standard InChI is InChI=1S/C24H27NO3/c1-4-7-18-12-13-22-19(14-18)8-5-11-23(22)25-20-9-6-10-21(15-20)27-16-24(26)28-17(2)3/h5-6,8-15,17,25H,4,7,16H2,1-3H3. The van der Waals surface area contributed by atoms with Gasteiger partial charge in [0.1, 0.15) is 5.75 Å². The summed E-state index contributed by atoms with van der Waals surface area (Å²) in [5.74, 6) is 0.251. The highest BCUT2D eigenvalue weighted by Gasteiger charge is 2.08. The van der Waals surface area contributed by atoms with Gasteiger partial charge in [0.05, 0.1) is 6.10 Å². The van der Waals surface area contributed by atoms with Crippen molar-refractivity contribution >= 4 is 28.1 Å². The van der Waals surface area contributed by atoms with Crippen LogP contribution in [0, 0.1) is 0 Å². The van der Waals surface area contributed by atoms with Crippen molar-refractivity contribution < 1.29 is 14.3 Å². The quantitative estimate of drug-likeness (QED) is 0.499. The second-order valence-corrected chi connectivity index (χ2v) is 7.09. The summed E-state index contributed by atoms with van der Waals surface area (Å²) >= 11 is 0. The van der Waals surface area contributed by atoms with Crippen molar-refractivity contribution in [3.8, 4) is 5.75 Å². The van der Waals surface area contributed by atoms with Crippen LogP contribution in [0.25, 0.3) is 10.8 Å². The fraction of sp³-hybridized carbons (Fsp3) is 0.292. The van der Waals surface area contributed by atoms with Crippen molar-refractivity contribution in [1.82, 2.24) is 0 Å². The first-order chi connectivity index (χ1) is 13.5. The molecule has 3 aromatic rings. The number of aryl methyl sites for hydroxylation is 1. The van der Waals surface area contributed by atoms with E-state index in [1.807, 2.05) is 38.1 Å². The molecule has 0 radical (unpaired) electrons. The number of carbonyl (C=O) groups is 1. The normalized spacial score (nSPS) is 10.9. The Morgan fingerprint density at radius 1 is 1.04 bits per heavy atom. The summed E-state index contributed by atoms with van der Waals surface area (Å²) in [5, 5.41) is 5.86. The Kier molecular flexibility index (Phi) is 6.53. The molecule has 28 heavy (non-hydrogen) atoms. The van der Waals surface area contributed by atoms with Crippen LogP contribution in [0.3, 0.4) is 0 Å². The number of hydrogen-bond acceptors (Lipinski definition) is 4. The maximum Gasteiger partial charge on any atom is 0.344 e. The SMILES string of the molecule is CCCc1ccc2c(Nc3cccc(OCC(=O)OC(C)C)c3)cccc2c1. The van der Waals surface area contributed by atoms with E-state index in [0.717, 1.165) is 24.2 Å². The molecule has 146 valence electrons. The lowest BCUT2D eigenvalue weighted by atomic mass is 10.0. The van der Waals surface area contributed by atoms with Crippen molar-refractivity contribution in [2.24, 2.45) is 0 Å². The van der Waals surface area contributed by atoms with Crippen LogP contribution in [-0.2, 0) is 16.0 Å². The first-order valence-corrected chi connectivity index (χ1v) is 9.76. The molecular weight excluding hydrogens is 350 g/mol. The summed E-state index contributed by atoms with van der Waals surface area (Å²) in [6.07, 6.45) is 2.08. The average molecular weight is 377 g/mol. The van der Waals surface area contributed by atoms with Crippen LogP contribution >= 0.6 is 0 Å². The van der Waals surface area contributed by atoms with E-state index in [1.165, 1.54) is 16.3 Å². The predicted octanol–water partition coefficient (Wildman–Crippen LogP) is 5.87. The number of benzene rings is 3. The number of rotatable bonds is 8. The molecule has 0 unspecified atom stereocenters. The second kappa shape index (κ2) is 9.27. The fourth-order valence-electron chi connectivity index (χ4n) is 3.14. The number of esters is 1. The molecule has 3 aromatic carbocycles. The van der Waals surface area contributed by atoms with E-state index < -0.39 is 0 Å². The van der Waals surface area contributed by atoms with Gasteiger partial charge in [0.15, 0.2) is 6.61 Å². The Morgan fingerprint density at radius 2 is 1.86 bits per heavy atom. The zero-order chi connectivity index (χ0) is 19.9. The molecule has 0 aromatic heterocycles. The van der Waals surface area contributed by atoms with Gasteiger partial charge in [-0.3, -0.25) is 0 Å². The lowest BCUT2D eigenvalue weighted by molar-refractivity contribution is -0.149. The molecule has 0 spiro atoms. The first kappa shape index (κ1) is 19.7. The number of hydrogen-bond donors (Lipinski definition) is 1. The number of ether oxygens (including phenoxy) is 2. The lowest BCUT2D eigenvalue weighted by Gasteiger charge is -2.13. The minimum atomic E-state index is -0.370. The minimum Gasteiger partial charge on any atom is -0.482 e. The number of anilines is 2. The highest BCUT2D eigenvalue weighted by molar-refractivity contribution is 5.95. The van der Waals surface area contributed by atoms with Gasteiger partial charge in [0, 0.05) is 22.8 Å². The smallest absolute Gasteiger partial charge is 0.344 e. The molecule has 1 N–H and O–H groups in total. The summed E-state index contributed by atoms with van der Waals surface area (Å²) in [6, 6.07) is 20.5. The average Bonchev–Trinajstić information content (AvgIpc) is 2.66. The van der Waals surface area contributed by atoms with Crippen LogP contribution < -0.4 is 10.1 Å². The summed E-state index contributed by atoms with van der Waals surface area (Å²) in [5.41, 5.74) is 3.30. The van der Waals surface area contributed by atoms with E-state index in [9.17, 15) is 4.79 Å². The van der Waals surface area contributed by atoms with Crippen LogP contribution in [0.2, 0.25) is 0 Å². The van der Waals surface area contributed by atoms with Crippen LogP contribution in [0.15, 0.2) is 60.7 Å². The van der Waals surface area contributed by atoms with Crippen LogP contribution in [0.1, 0.15) is 32.8 Å². The number of fused-ring (bicyclic) bond motifs is 1. The summed E-state index contributed by atoms with van der Waals surface area (Å²) in [7, 11) is 0. The molecule has 0 saturated carbocycles. The molecule has 4 nitrogen and oxygen atoms in total. The molecule has 0 heterocycles. The highest BCUT2D eigenvalue weighted by Crippen LogP contribution is 2.29. The van der Waals surface area contributed by atoms with Crippen molar-refractivity contribution in [3.05, 3.63) is 66.2 Å². The van der Waals surface area contributed by atoms with E-state index in [2.05, 4.69) is 48.6 Å². The van der Waals surface area contributed by atoms with Crippen molar-refractivity contribution in [1.29, 1.82) is 0 Å². The van der Waals surface area contributed by atoms with E-state index in [4.69, 9.17) is 9.47 Å². The summed E-state index contributed by atoms with van der Waals surface area (Å²) in [4.78, 5) is 11.7. The van der Waals surface area contributed by atoms with Gasteiger partial charge in [-0.25, -0.2) is 4.79 Å². The Balaban J connectivity index is 1.74. The Morgan fingerprint density at radius 3 is 2.64 bits per heavy atom. The number of carbonyl (C=O) groups excluding carboxylic acids is 1. The van der Waals surface area contributed by atoms with Crippen LogP contribution in [-0.4, -0.2) is 18.7 Å². The van der Waals surface area contributed by atoms with Gasteiger partial charge < -0.3 is 14.8 Å². The van der Waals surface area contributed by atoms with Gasteiger partial charge in [0.25, 0.3) is 0 Å². The van der Waals surface area contributed by atoms with Crippen molar-refractivity contribution in [3.63, 3.8) is 0 Å². The van der Waals surface area contributed by atoms with Crippen molar-refractivity contribution in [2.75, 3.05) is 11.9 Å². The van der Waals surface area contributed by atoms with Gasteiger partial charge in [-0.2, -0.15) is 0 Å². The molecule has 4 heteroatoms. The summed E-state index contributed by atoms with van der Waals surface area (Å²) in [6.45, 7) is 5.73. The van der Waals surface area contributed by atoms with E-state index in [0.29, 0.717) is 5.75 Å². The monoisotopic (exact) mass is 377 g/mol. The molecule has 0 aliphatic carbocycles. The third kappa shape index (κ3) is 5.26. The maximum absolute atomic E-state index is 11.7. The van der Waals surface area contributed by atoms with E-state index >= 15 is 0 Å². The zero-order valence-electron chi connectivity index (χ0n) is 16.7. The van der Waals surface area contributed by atoms with E-state index in [-0.39, 0.29) is 18.7 Å². The molecule has 0 aliphatic rings. The second-order valence-electron chi connectivity index (χ2n) is 7.09. The van der Waals surface area contributed by atoms with Crippen LogP contribution in [0.4, 0.5) is 11.4 Å². The van der Waals surface area contributed by atoms with E-state index in [1.54, 1.807) is 0 Å². The molecule has 0 amide bonds. The molecule has 0 aliphatic heterocycles. The Hall–Kier alpha value is -3.01. The third-order valence-electron chi connectivity index (χ3n) is 4.32. The van der Waals surface area contributed by atoms with Gasteiger partial charge in [-0.15, -0.1) is 0 Å². The first-order valence-electron chi connectivity index (χ1n) is 9.76. The van der Waals surface area contributed by atoms with Gasteiger partial charge in [0.2, 0.25) is 0 Å². The molecule has 0 bridgehead atoms. The maximum atomic E-state index is 11.7. The topological polar surface area (TPSA) is 47.6 Å². The predicted molar refractivity (Wildman–Crippen MR) is 114 cm³/mol. The molecule has 0 fully saturated rings. The van der Waals surface area contributed by atoms with Gasteiger partial charge in [-0.05, 0) is 49.4 Å². The van der Waals surface area contributed by atoms with Gasteiger partial charge >= 0.3 is 5.97 Å². The molecular formula is C24H27NO3. The van der Waals surface area contributed by atoms with Crippen LogP contribution in [0.5, 0.6) is 5.75 Å². The zero-order valence-corrected chi connectivity index (χ0v) is 16.7. The van der Waals surface area contributed by atoms with Gasteiger partial charge in [-0.1, -0.05) is 49.7 Å². The molecule has 0 atom stereocenters. The Bertz CT molecular complexity index is 949. The highest BCUT2D eigenvalue weighted by atomic mass is 16.6. The van der Waals surface area contributed by atoms with Crippen molar-refractivity contribution in [2.45, 2.75) is 39.7 Å². The lowest BCUT2D eigenvalue weighted by Crippen LogP contribution is -2.18. The molecule has 0 saturated heterocycles. The number of nitrogens with one attached hydrogen (secondary N) is 1. The minimum absolute atomic E-state index is 0.101. The third-order valence-corrected chi connectivity index (χ3v) is 4.32. The molecule has 3 rings (SSSR count).